The minimum absolute atomic E-state index is 0.0756. The second-order valence-electron chi connectivity index (χ2n) is 9.51. The van der Waals surface area contributed by atoms with Crippen LogP contribution in [-0.4, -0.2) is 20.6 Å². The van der Waals surface area contributed by atoms with Crippen LogP contribution in [0.3, 0.4) is 0 Å². The molecule has 0 fully saturated rings. The van der Waals surface area contributed by atoms with E-state index in [0.29, 0.717) is 16.3 Å². The van der Waals surface area contributed by atoms with E-state index in [0.717, 1.165) is 17.4 Å². The number of rotatable bonds is 7. The SMILES string of the molecule is CC(NC(=O)c1ccc(CN(c2cccc(Cl)c2)S(C)(=O)=O)cc1)c1ccc(C(C)(C)C)cc1. The molecule has 1 unspecified atom stereocenters. The third-order valence-electron chi connectivity index (χ3n) is 5.66. The summed E-state index contributed by atoms with van der Waals surface area (Å²) >= 11 is 6.04. The Labute approximate surface area is 207 Å². The van der Waals surface area contributed by atoms with Crippen molar-refractivity contribution >= 4 is 33.2 Å². The number of hydrogen-bond acceptors (Lipinski definition) is 3. The number of anilines is 1. The van der Waals surface area contributed by atoms with E-state index in [1.807, 2.05) is 19.1 Å². The van der Waals surface area contributed by atoms with Gasteiger partial charge >= 0.3 is 0 Å². The number of carbonyl (C=O) groups is 1. The first-order valence-corrected chi connectivity index (χ1v) is 13.3. The smallest absolute Gasteiger partial charge is 0.251 e. The van der Waals surface area contributed by atoms with Gasteiger partial charge in [-0.3, -0.25) is 9.10 Å². The van der Waals surface area contributed by atoms with Crippen LogP contribution in [0.15, 0.2) is 72.8 Å². The number of benzene rings is 3. The predicted molar refractivity (Wildman–Crippen MR) is 140 cm³/mol. The lowest BCUT2D eigenvalue weighted by Gasteiger charge is -2.23. The molecule has 1 amide bonds. The average Bonchev–Trinajstić information content (AvgIpc) is 2.76. The minimum Gasteiger partial charge on any atom is -0.346 e. The molecule has 3 aromatic rings. The van der Waals surface area contributed by atoms with E-state index >= 15 is 0 Å². The second kappa shape index (κ2) is 10.2. The molecule has 0 bridgehead atoms. The Morgan fingerprint density at radius 3 is 2.15 bits per heavy atom. The Bertz CT molecular complexity index is 1250. The zero-order valence-corrected chi connectivity index (χ0v) is 21.7. The molecular formula is C27H31ClN2O3S. The minimum atomic E-state index is -3.52. The number of halogens is 1. The molecule has 0 saturated carbocycles. The summed E-state index contributed by atoms with van der Waals surface area (Å²) in [6.07, 6.45) is 1.16. The molecule has 180 valence electrons. The van der Waals surface area contributed by atoms with E-state index in [2.05, 4.69) is 38.2 Å². The van der Waals surface area contributed by atoms with Gasteiger partial charge in [-0.05, 0) is 59.4 Å². The fourth-order valence-electron chi connectivity index (χ4n) is 3.59. The van der Waals surface area contributed by atoms with Crippen molar-refractivity contribution in [3.63, 3.8) is 0 Å². The van der Waals surface area contributed by atoms with Gasteiger partial charge in [-0.25, -0.2) is 8.42 Å². The van der Waals surface area contributed by atoms with Crippen LogP contribution in [0.1, 0.15) is 60.8 Å². The number of hydrogen-bond donors (Lipinski definition) is 1. The molecule has 0 radical (unpaired) electrons. The summed E-state index contributed by atoms with van der Waals surface area (Å²) in [7, 11) is -3.52. The normalized spacial score (nSPS) is 12.8. The Morgan fingerprint density at radius 1 is 1.00 bits per heavy atom. The van der Waals surface area contributed by atoms with Gasteiger partial charge in [-0.15, -0.1) is 0 Å². The molecule has 7 heteroatoms. The maximum absolute atomic E-state index is 12.8. The van der Waals surface area contributed by atoms with E-state index in [9.17, 15) is 13.2 Å². The lowest BCUT2D eigenvalue weighted by atomic mass is 9.86. The molecule has 0 saturated heterocycles. The van der Waals surface area contributed by atoms with E-state index in [-0.39, 0.29) is 23.9 Å². The molecule has 0 heterocycles. The first kappa shape index (κ1) is 25.8. The summed E-state index contributed by atoms with van der Waals surface area (Å²) in [6, 6.07) is 21.8. The number of nitrogens with zero attached hydrogens (tertiary/aromatic N) is 1. The monoisotopic (exact) mass is 498 g/mol. The molecule has 0 aliphatic heterocycles. The van der Waals surface area contributed by atoms with Crippen molar-refractivity contribution in [2.45, 2.75) is 45.7 Å². The molecule has 0 aromatic heterocycles. The van der Waals surface area contributed by atoms with Gasteiger partial charge in [0.05, 0.1) is 24.5 Å². The van der Waals surface area contributed by atoms with E-state index < -0.39 is 10.0 Å². The highest BCUT2D eigenvalue weighted by molar-refractivity contribution is 7.92. The predicted octanol–water partition coefficient (Wildman–Crippen LogP) is 6.09. The highest BCUT2D eigenvalue weighted by Crippen LogP contribution is 2.25. The van der Waals surface area contributed by atoms with Gasteiger partial charge in [-0.1, -0.05) is 74.8 Å². The molecular weight excluding hydrogens is 468 g/mol. The van der Waals surface area contributed by atoms with Crippen LogP contribution in [0.5, 0.6) is 0 Å². The summed E-state index contributed by atoms with van der Waals surface area (Å²) in [4.78, 5) is 12.8. The van der Waals surface area contributed by atoms with E-state index in [1.165, 1.54) is 9.87 Å². The zero-order valence-electron chi connectivity index (χ0n) is 20.2. The highest BCUT2D eigenvalue weighted by atomic mass is 35.5. The van der Waals surface area contributed by atoms with Crippen LogP contribution in [0.2, 0.25) is 5.02 Å². The summed E-state index contributed by atoms with van der Waals surface area (Å²) in [6.45, 7) is 8.59. The average molecular weight is 499 g/mol. The first-order chi connectivity index (χ1) is 15.8. The van der Waals surface area contributed by atoms with Crippen LogP contribution in [0, 0.1) is 0 Å². The number of carbonyl (C=O) groups excluding carboxylic acids is 1. The van der Waals surface area contributed by atoms with Crippen molar-refractivity contribution in [3.05, 3.63) is 100 Å². The van der Waals surface area contributed by atoms with Gasteiger partial charge in [-0.2, -0.15) is 0 Å². The summed E-state index contributed by atoms with van der Waals surface area (Å²) < 4.78 is 26.0. The lowest BCUT2D eigenvalue weighted by molar-refractivity contribution is 0.0940. The van der Waals surface area contributed by atoms with Crippen LogP contribution >= 0.6 is 11.6 Å². The van der Waals surface area contributed by atoms with Crippen molar-refractivity contribution in [2.75, 3.05) is 10.6 Å². The molecule has 34 heavy (non-hydrogen) atoms. The second-order valence-corrected chi connectivity index (χ2v) is 11.9. The van der Waals surface area contributed by atoms with Gasteiger partial charge < -0.3 is 5.32 Å². The van der Waals surface area contributed by atoms with Gasteiger partial charge in [0.1, 0.15) is 0 Å². The largest absolute Gasteiger partial charge is 0.346 e. The highest BCUT2D eigenvalue weighted by Gasteiger charge is 2.19. The Morgan fingerprint density at radius 2 is 1.62 bits per heavy atom. The third kappa shape index (κ3) is 6.61. The summed E-state index contributed by atoms with van der Waals surface area (Å²) in [5.41, 5.74) is 4.10. The Hall–Kier alpha value is -2.83. The fourth-order valence-corrected chi connectivity index (χ4v) is 4.66. The number of nitrogens with one attached hydrogen (secondary N) is 1. The van der Waals surface area contributed by atoms with Crippen molar-refractivity contribution in [1.29, 1.82) is 0 Å². The van der Waals surface area contributed by atoms with Crippen LogP contribution in [0.4, 0.5) is 5.69 Å². The fraction of sp³-hybridized carbons (Fsp3) is 0.296. The maximum Gasteiger partial charge on any atom is 0.251 e. The summed E-state index contributed by atoms with van der Waals surface area (Å²) in [5, 5.41) is 3.49. The first-order valence-electron chi connectivity index (χ1n) is 11.1. The summed E-state index contributed by atoms with van der Waals surface area (Å²) in [5.74, 6) is -0.186. The maximum atomic E-state index is 12.8. The Balaban J connectivity index is 1.70. The molecule has 3 rings (SSSR count). The quantitative estimate of drug-likeness (QED) is 0.428. The topological polar surface area (TPSA) is 66.5 Å². The number of sulfonamides is 1. The zero-order chi connectivity index (χ0) is 25.1. The van der Waals surface area contributed by atoms with Crippen molar-refractivity contribution in [3.8, 4) is 0 Å². The molecule has 1 atom stereocenters. The van der Waals surface area contributed by atoms with E-state index in [1.54, 1.807) is 48.5 Å². The van der Waals surface area contributed by atoms with Crippen molar-refractivity contribution in [1.82, 2.24) is 5.32 Å². The van der Waals surface area contributed by atoms with Gasteiger partial charge in [0.15, 0.2) is 0 Å². The molecule has 0 aliphatic rings. The number of amides is 1. The molecule has 3 aromatic carbocycles. The molecule has 5 nitrogen and oxygen atoms in total. The van der Waals surface area contributed by atoms with Crippen LogP contribution < -0.4 is 9.62 Å². The third-order valence-corrected chi connectivity index (χ3v) is 7.04. The van der Waals surface area contributed by atoms with Crippen LogP contribution in [-0.2, 0) is 22.0 Å². The standard InChI is InChI=1S/C27H31ClN2O3S/c1-19(21-13-15-23(16-14-21)27(2,3)4)29-26(31)22-11-9-20(10-12-22)18-30(34(5,32)33)25-8-6-7-24(28)17-25/h6-17,19H,18H2,1-5H3,(H,29,31). The van der Waals surface area contributed by atoms with Gasteiger partial charge in [0.25, 0.3) is 5.91 Å². The van der Waals surface area contributed by atoms with Gasteiger partial charge in [0, 0.05) is 10.6 Å². The lowest BCUT2D eigenvalue weighted by Crippen LogP contribution is -2.29. The Kier molecular flexibility index (Phi) is 7.74. The van der Waals surface area contributed by atoms with Crippen molar-refractivity contribution < 1.29 is 13.2 Å². The van der Waals surface area contributed by atoms with Crippen LogP contribution in [0.25, 0.3) is 0 Å². The molecule has 0 spiro atoms. The van der Waals surface area contributed by atoms with Crippen molar-refractivity contribution in [2.24, 2.45) is 0 Å². The van der Waals surface area contributed by atoms with E-state index in [4.69, 9.17) is 11.6 Å². The van der Waals surface area contributed by atoms with Gasteiger partial charge in [0.2, 0.25) is 10.0 Å². The molecule has 1 N–H and O–H groups in total. The molecule has 0 aliphatic carbocycles.